The van der Waals surface area contributed by atoms with Crippen LogP contribution in [0.2, 0.25) is 0 Å². The highest BCUT2D eigenvalue weighted by atomic mass is 19.1. The largest absolute Gasteiger partial charge is 0.493 e. The fourth-order valence-electron chi connectivity index (χ4n) is 4.53. The van der Waals surface area contributed by atoms with Crippen molar-refractivity contribution in [2.45, 2.75) is 59.2 Å². The van der Waals surface area contributed by atoms with Crippen molar-refractivity contribution in [1.29, 1.82) is 0 Å². The van der Waals surface area contributed by atoms with Gasteiger partial charge in [-0.25, -0.2) is 9.37 Å². The lowest BCUT2D eigenvalue weighted by Crippen LogP contribution is -2.10. The molecule has 2 aromatic heterocycles. The molecule has 5 rings (SSSR count). The minimum atomic E-state index is -1.13. The van der Waals surface area contributed by atoms with Crippen LogP contribution in [0.5, 0.6) is 5.75 Å². The van der Waals surface area contributed by atoms with Gasteiger partial charge in [-0.15, -0.1) is 0 Å². The monoisotopic (exact) mass is 476 g/mol. The van der Waals surface area contributed by atoms with E-state index in [0.29, 0.717) is 18.7 Å². The minimum absolute atomic E-state index is 0.0458. The Kier molecular flexibility index (Phi) is 7.06. The molecular weight excluding hydrogens is 443 g/mol. The summed E-state index contributed by atoms with van der Waals surface area (Å²) >= 11 is 0. The van der Waals surface area contributed by atoms with E-state index in [-0.39, 0.29) is 6.61 Å². The van der Waals surface area contributed by atoms with Crippen molar-refractivity contribution in [2.24, 2.45) is 0 Å². The Balaban J connectivity index is 0.000000527. The van der Waals surface area contributed by atoms with Gasteiger partial charge in [0.1, 0.15) is 11.9 Å². The zero-order valence-electron chi connectivity index (χ0n) is 21.0. The number of benzene rings is 2. The second-order valence-electron chi connectivity index (χ2n) is 10.0. The van der Waals surface area contributed by atoms with Gasteiger partial charge >= 0.3 is 0 Å². The zero-order valence-corrected chi connectivity index (χ0v) is 21.0. The van der Waals surface area contributed by atoms with Crippen LogP contribution >= 0.6 is 0 Å². The Morgan fingerprint density at radius 2 is 1.89 bits per heavy atom. The Bertz CT molecular complexity index is 1360. The highest BCUT2D eigenvalue weighted by Crippen LogP contribution is 2.42. The van der Waals surface area contributed by atoms with Crippen LogP contribution in [-0.2, 0) is 12.8 Å². The van der Waals surface area contributed by atoms with Gasteiger partial charge in [-0.05, 0) is 93.6 Å². The molecule has 5 nitrogen and oxygen atoms in total. The highest BCUT2D eigenvalue weighted by molar-refractivity contribution is 6.07. The van der Waals surface area contributed by atoms with Crippen molar-refractivity contribution >= 4 is 21.8 Å². The molecule has 0 fully saturated rings. The molecule has 0 spiro atoms. The van der Waals surface area contributed by atoms with E-state index < -0.39 is 11.8 Å². The van der Waals surface area contributed by atoms with Crippen LogP contribution in [0, 0.1) is 6.92 Å². The van der Waals surface area contributed by atoms with Crippen LogP contribution in [-0.4, -0.2) is 39.0 Å². The molecule has 4 aromatic rings. The number of alkyl halides is 1. The summed E-state index contributed by atoms with van der Waals surface area (Å²) in [7, 11) is 0. The first-order valence-electron chi connectivity index (χ1n) is 12.0. The van der Waals surface area contributed by atoms with Gasteiger partial charge in [0.2, 0.25) is 0 Å². The van der Waals surface area contributed by atoms with E-state index in [0.717, 1.165) is 56.2 Å². The normalized spacial score (nSPS) is 13.8. The maximum Gasteiger partial charge on any atom is 0.139 e. The average molecular weight is 477 g/mol. The Morgan fingerprint density at radius 1 is 1.14 bits per heavy atom. The number of hydrogen-bond acceptors (Lipinski definition) is 5. The zero-order chi connectivity index (χ0) is 25.3. The van der Waals surface area contributed by atoms with Gasteiger partial charge in [0.15, 0.2) is 0 Å². The molecule has 6 heteroatoms. The summed E-state index contributed by atoms with van der Waals surface area (Å²) in [6.07, 6.45) is 2.10. The summed E-state index contributed by atoms with van der Waals surface area (Å²) in [5.74, 6) is 0.857. The maximum absolute atomic E-state index is 13.9. The summed E-state index contributed by atoms with van der Waals surface area (Å²) in [5.41, 5.74) is 6.88. The van der Waals surface area contributed by atoms with Crippen molar-refractivity contribution in [1.82, 2.24) is 9.97 Å². The van der Waals surface area contributed by atoms with Gasteiger partial charge in [-0.3, -0.25) is 4.98 Å². The lowest BCUT2D eigenvalue weighted by molar-refractivity contribution is 0.102. The van der Waals surface area contributed by atoms with E-state index in [1.165, 1.54) is 12.5 Å². The number of ether oxygens (including phenoxy) is 1. The molecule has 1 unspecified atom stereocenters. The third-order valence-corrected chi connectivity index (χ3v) is 5.95. The molecule has 0 bridgehead atoms. The van der Waals surface area contributed by atoms with Crippen molar-refractivity contribution in [2.75, 3.05) is 13.2 Å². The SMILES string of the molecule is CC(C)(C)O.Cc1cc2nc(C(C)F)ccc2c(-c2ccc3c4c(ccnc24)CCO3)c1CCO. The smallest absolute Gasteiger partial charge is 0.139 e. The molecule has 1 aliphatic heterocycles. The number of nitrogens with zero attached hydrogens (tertiary/aromatic N) is 2. The Morgan fingerprint density at radius 3 is 2.57 bits per heavy atom. The highest BCUT2D eigenvalue weighted by Gasteiger charge is 2.21. The van der Waals surface area contributed by atoms with E-state index >= 15 is 0 Å². The summed E-state index contributed by atoms with van der Waals surface area (Å²) in [6.45, 7) is 9.46. The molecule has 2 aromatic carbocycles. The van der Waals surface area contributed by atoms with E-state index in [9.17, 15) is 9.50 Å². The van der Waals surface area contributed by atoms with Crippen LogP contribution in [0.15, 0.2) is 42.6 Å². The molecule has 3 heterocycles. The molecule has 0 amide bonds. The number of rotatable bonds is 4. The quantitative estimate of drug-likeness (QED) is 0.376. The predicted octanol–water partition coefficient (Wildman–Crippen LogP) is 6.04. The topological polar surface area (TPSA) is 75.5 Å². The van der Waals surface area contributed by atoms with Crippen LogP contribution in [0.3, 0.4) is 0 Å². The second-order valence-corrected chi connectivity index (χ2v) is 10.0. The molecule has 0 radical (unpaired) electrons. The lowest BCUT2D eigenvalue weighted by Gasteiger charge is -2.22. The van der Waals surface area contributed by atoms with Gasteiger partial charge in [-0.1, -0.05) is 6.07 Å². The number of aliphatic hydroxyl groups excluding tert-OH is 1. The first-order valence-corrected chi connectivity index (χ1v) is 12.0. The van der Waals surface area contributed by atoms with Gasteiger partial charge in [-0.2, -0.15) is 0 Å². The third kappa shape index (κ3) is 5.29. The third-order valence-electron chi connectivity index (χ3n) is 5.95. The summed E-state index contributed by atoms with van der Waals surface area (Å²) < 4.78 is 19.8. The fourth-order valence-corrected chi connectivity index (χ4v) is 4.53. The van der Waals surface area contributed by atoms with E-state index in [4.69, 9.17) is 14.8 Å². The fraction of sp³-hybridized carbons (Fsp3) is 0.379. The molecule has 35 heavy (non-hydrogen) atoms. The van der Waals surface area contributed by atoms with E-state index in [1.807, 2.05) is 37.4 Å². The number of fused-ring (bicyclic) bond motifs is 1. The van der Waals surface area contributed by atoms with Crippen LogP contribution in [0.1, 0.15) is 56.3 Å². The summed E-state index contributed by atoms with van der Waals surface area (Å²) in [5, 5.41) is 20.3. The van der Waals surface area contributed by atoms with Crippen molar-refractivity contribution < 1.29 is 19.3 Å². The van der Waals surface area contributed by atoms with Gasteiger partial charge < -0.3 is 14.9 Å². The maximum atomic E-state index is 13.9. The molecule has 0 aliphatic carbocycles. The molecule has 184 valence electrons. The number of pyridine rings is 2. The number of aryl methyl sites for hydroxylation is 1. The standard InChI is InChI=1S/C25H23FN2O2.C4H10O/c1-14-13-21-18(3-5-20(28-21)15(2)26)24(17(14)8-11-29)19-4-6-22-23-16(9-12-30-22)7-10-27-25(19)23;1-4(2,3)5/h3-7,10,13,15,29H,8-9,11-12H2,1-2H3;5H,1-3H3. The van der Waals surface area contributed by atoms with Crippen molar-refractivity contribution in [3.63, 3.8) is 0 Å². The van der Waals surface area contributed by atoms with E-state index in [1.54, 1.807) is 26.8 Å². The first kappa shape index (κ1) is 25.0. The van der Waals surface area contributed by atoms with Crippen molar-refractivity contribution in [3.8, 4) is 16.9 Å². The minimum Gasteiger partial charge on any atom is -0.493 e. The van der Waals surface area contributed by atoms with Gasteiger partial charge in [0.05, 0.1) is 28.9 Å². The number of hydrogen-bond donors (Lipinski definition) is 2. The van der Waals surface area contributed by atoms with E-state index in [2.05, 4.69) is 11.1 Å². The van der Waals surface area contributed by atoms with Crippen LogP contribution in [0.4, 0.5) is 4.39 Å². The Labute approximate surface area is 205 Å². The van der Waals surface area contributed by atoms with Gasteiger partial charge in [0, 0.05) is 35.6 Å². The number of halogens is 1. The first-order chi connectivity index (χ1) is 16.6. The molecule has 1 atom stereocenters. The van der Waals surface area contributed by atoms with Crippen LogP contribution < -0.4 is 4.74 Å². The molecule has 0 saturated heterocycles. The number of aromatic nitrogens is 2. The molecule has 1 aliphatic rings. The molecule has 0 saturated carbocycles. The summed E-state index contributed by atoms with van der Waals surface area (Å²) in [4.78, 5) is 9.30. The van der Waals surface area contributed by atoms with Gasteiger partial charge in [0.25, 0.3) is 0 Å². The Hall–Kier alpha value is -3.09. The average Bonchev–Trinajstić information content (AvgIpc) is 2.79. The number of aliphatic hydroxyl groups is 2. The van der Waals surface area contributed by atoms with Crippen molar-refractivity contribution in [3.05, 3.63) is 65.0 Å². The molecule has 2 N–H and O–H groups in total. The second kappa shape index (κ2) is 9.88. The lowest BCUT2D eigenvalue weighted by atomic mass is 9.88. The predicted molar refractivity (Wildman–Crippen MR) is 139 cm³/mol. The molecular formula is C29H33FN2O3. The van der Waals surface area contributed by atoms with Crippen LogP contribution in [0.25, 0.3) is 32.9 Å². The summed E-state index contributed by atoms with van der Waals surface area (Å²) in [6, 6.07) is 11.8.